The highest BCUT2D eigenvalue weighted by Gasteiger charge is 2.32. The minimum atomic E-state index is 0.129. The van der Waals surface area contributed by atoms with Crippen LogP contribution in [0.4, 0.5) is 0 Å². The molecule has 3 nitrogen and oxygen atoms in total. The van der Waals surface area contributed by atoms with Crippen LogP contribution in [-0.2, 0) is 11.2 Å². The van der Waals surface area contributed by atoms with Crippen molar-refractivity contribution in [2.45, 2.75) is 85.1 Å². The zero-order valence-corrected chi connectivity index (χ0v) is 16.1. The number of thiazole rings is 1. The summed E-state index contributed by atoms with van der Waals surface area (Å²) < 4.78 is 0. The van der Waals surface area contributed by atoms with Gasteiger partial charge in [-0.3, -0.25) is 4.79 Å². The van der Waals surface area contributed by atoms with Crippen molar-refractivity contribution in [2.24, 2.45) is 11.3 Å². The number of carbonyl (C=O) groups excluding carboxylic acids is 1. The van der Waals surface area contributed by atoms with E-state index in [4.69, 9.17) is 0 Å². The zero-order chi connectivity index (χ0) is 17.0. The van der Waals surface area contributed by atoms with E-state index in [0.717, 1.165) is 29.5 Å². The van der Waals surface area contributed by atoms with E-state index in [1.165, 1.54) is 19.3 Å². The lowest BCUT2D eigenvalue weighted by molar-refractivity contribution is -0.121. The molecule has 0 atom stereocenters. The van der Waals surface area contributed by atoms with E-state index >= 15 is 0 Å². The molecular formula is C19H32N2OS. The average Bonchev–Trinajstić information content (AvgIpc) is 2.96. The predicted octanol–water partition coefficient (Wildman–Crippen LogP) is 4.92. The van der Waals surface area contributed by atoms with Gasteiger partial charge in [0.25, 0.3) is 0 Å². The summed E-state index contributed by atoms with van der Waals surface area (Å²) in [7, 11) is 0. The van der Waals surface area contributed by atoms with Crippen molar-refractivity contribution < 1.29 is 4.79 Å². The lowest BCUT2D eigenvalue weighted by Gasteiger charge is -2.39. The van der Waals surface area contributed by atoms with Gasteiger partial charge >= 0.3 is 0 Å². The SMILES string of the molecule is CCC(C)(C)C1CCC(NC(=O)Cc2csc(C(C)C)n2)CC1. The highest BCUT2D eigenvalue weighted by molar-refractivity contribution is 7.09. The van der Waals surface area contributed by atoms with Gasteiger partial charge in [0.05, 0.1) is 17.1 Å². The van der Waals surface area contributed by atoms with Gasteiger partial charge in [0.2, 0.25) is 5.91 Å². The van der Waals surface area contributed by atoms with Crippen LogP contribution in [0.3, 0.4) is 0 Å². The summed E-state index contributed by atoms with van der Waals surface area (Å²) in [5, 5.41) is 6.37. The van der Waals surface area contributed by atoms with Crippen molar-refractivity contribution in [1.82, 2.24) is 10.3 Å². The number of hydrogen-bond donors (Lipinski definition) is 1. The maximum absolute atomic E-state index is 12.2. The van der Waals surface area contributed by atoms with Crippen LogP contribution >= 0.6 is 11.3 Å². The minimum Gasteiger partial charge on any atom is -0.353 e. The Balaban J connectivity index is 1.78. The van der Waals surface area contributed by atoms with E-state index in [2.05, 4.69) is 44.9 Å². The van der Waals surface area contributed by atoms with E-state index in [9.17, 15) is 4.79 Å². The molecule has 0 bridgehead atoms. The number of aromatic nitrogens is 1. The molecule has 2 rings (SSSR count). The van der Waals surface area contributed by atoms with Gasteiger partial charge in [-0.2, -0.15) is 0 Å². The maximum atomic E-state index is 12.2. The van der Waals surface area contributed by atoms with Crippen LogP contribution in [0.15, 0.2) is 5.38 Å². The van der Waals surface area contributed by atoms with Gasteiger partial charge in [-0.25, -0.2) is 4.98 Å². The molecule has 0 unspecified atom stereocenters. The van der Waals surface area contributed by atoms with Crippen molar-refractivity contribution in [2.75, 3.05) is 0 Å². The Labute approximate surface area is 145 Å². The molecule has 1 aliphatic rings. The molecule has 0 radical (unpaired) electrons. The van der Waals surface area contributed by atoms with Crippen LogP contribution in [0.2, 0.25) is 0 Å². The summed E-state index contributed by atoms with van der Waals surface area (Å²) in [5.41, 5.74) is 1.35. The Morgan fingerprint density at radius 2 is 2.00 bits per heavy atom. The molecule has 0 spiro atoms. The van der Waals surface area contributed by atoms with Gasteiger partial charge in [0.15, 0.2) is 0 Å². The van der Waals surface area contributed by atoms with E-state index < -0.39 is 0 Å². The first-order valence-electron chi connectivity index (χ1n) is 9.05. The Morgan fingerprint density at radius 1 is 1.35 bits per heavy atom. The van der Waals surface area contributed by atoms with Crippen LogP contribution in [-0.4, -0.2) is 16.9 Å². The molecule has 23 heavy (non-hydrogen) atoms. The predicted molar refractivity (Wildman–Crippen MR) is 97.9 cm³/mol. The normalized spacial score (nSPS) is 22.3. The lowest BCUT2D eigenvalue weighted by Crippen LogP contribution is -2.40. The summed E-state index contributed by atoms with van der Waals surface area (Å²) in [6.45, 7) is 11.3. The molecule has 1 aliphatic carbocycles. The van der Waals surface area contributed by atoms with E-state index in [-0.39, 0.29) is 5.91 Å². The van der Waals surface area contributed by atoms with Crippen LogP contribution in [0, 0.1) is 11.3 Å². The van der Waals surface area contributed by atoms with Crippen LogP contribution in [0.5, 0.6) is 0 Å². The third-order valence-electron chi connectivity index (χ3n) is 5.51. The molecule has 1 heterocycles. The quantitative estimate of drug-likeness (QED) is 0.801. The molecule has 4 heteroatoms. The van der Waals surface area contributed by atoms with Crippen molar-refractivity contribution in [3.8, 4) is 0 Å². The Bertz CT molecular complexity index is 513. The molecule has 1 saturated carbocycles. The average molecular weight is 337 g/mol. The highest BCUT2D eigenvalue weighted by Crippen LogP contribution is 2.40. The Kier molecular flexibility index (Phi) is 6.24. The smallest absolute Gasteiger partial charge is 0.226 e. The molecule has 0 saturated heterocycles. The topological polar surface area (TPSA) is 42.0 Å². The summed E-state index contributed by atoms with van der Waals surface area (Å²) in [6.07, 6.45) is 6.36. The number of hydrogen-bond acceptors (Lipinski definition) is 3. The summed E-state index contributed by atoms with van der Waals surface area (Å²) >= 11 is 1.66. The van der Waals surface area contributed by atoms with Crippen LogP contribution < -0.4 is 5.32 Å². The number of carbonyl (C=O) groups is 1. The molecule has 130 valence electrons. The largest absolute Gasteiger partial charge is 0.353 e. The number of amides is 1. The third-order valence-corrected chi connectivity index (χ3v) is 6.71. The summed E-state index contributed by atoms with van der Waals surface area (Å²) in [5.74, 6) is 1.37. The number of rotatable bonds is 6. The van der Waals surface area contributed by atoms with Gasteiger partial charge in [-0.05, 0) is 37.0 Å². The Hall–Kier alpha value is -0.900. The molecule has 1 aromatic rings. The second kappa shape index (κ2) is 7.78. The molecule has 1 fully saturated rings. The van der Waals surface area contributed by atoms with Gasteiger partial charge < -0.3 is 5.32 Å². The molecular weight excluding hydrogens is 304 g/mol. The van der Waals surface area contributed by atoms with Crippen molar-refractivity contribution >= 4 is 17.2 Å². The highest BCUT2D eigenvalue weighted by atomic mass is 32.1. The summed E-state index contributed by atoms with van der Waals surface area (Å²) in [6, 6.07) is 0.356. The van der Waals surface area contributed by atoms with Crippen molar-refractivity contribution in [3.63, 3.8) is 0 Å². The number of nitrogens with one attached hydrogen (secondary N) is 1. The van der Waals surface area contributed by atoms with Gasteiger partial charge in [0, 0.05) is 17.3 Å². The van der Waals surface area contributed by atoms with Crippen molar-refractivity contribution in [3.05, 3.63) is 16.1 Å². The monoisotopic (exact) mass is 336 g/mol. The zero-order valence-electron chi connectivity index (χ0n) is 15.3. The Morgan fingerprint density at radius 3 is 2.52 bits per heavy atom. The molecule has 0 aromatic carbocycles. The fourth-order valence-electron chi connectivity index (χ4n) is 3.42. The van der Waals surface area contributed by atoms with Crippen LogP contribution in [0.25, 0.3) is 0 Å². The molecule has 1 amide bonds. The van der Waals surface area contributed by atoms with Crippen LogP contribution in [0.1, 0.15) is 83.3 Å². The second-order valence-electron chi connectivity index (χ2n) is 7.97. The van der Waals surface area contributed by atoms with Gasteiger partial charge in [-0.15, -0.1) is 11.3 Å². The summed E-state index contributed by atoms with van der Waals surface area (Å²) in [4.78, 5) is 16.8. The number of nitrogens with zero attached hydrogens (tertiary/aromatic N) is 1. The first-order chi connectivity index (χ1) is 10.8. The minimum absolute atomic E-state index is 0.129. The second-order valence-corrected chi connectivity index (χ2v) is 8.86. The van der Waals surface area contributed by atoms with E-state index in [1.807, 2.05) is 5.38 Å². The fraction of sp³-hybridized carbons (Fsp3) is 0.789. The first kappa shape index (κ1) is 18.4. The van der Waals surface area contributed by atoms with Gasteiger partial charge in [0.1, 0.15) is 0 Å². The lowest BCUT2D eigenvalue weighted by atomic mass is 9.69. The molecule has 0 aliphatic heterocycles. The van der Waals surface area contributed by atoms with E-state index in [1.54, 1.807) is 11.3 Å². The van der Waals surface area contributed by atoms with Gasteiger partial charge in [-0.1, -0.05) is 41.0 Å². The van der Waals surface area contributed by atoms with E-state index in [0.29, 0.717) is 23.8 Å². The van der Waals surface area contributed by atoms with Crippen molar-refractivity contribution in [1.29, 1.82) is 0 Å². The first-order valence-corrected chi connectivity index (χ1v) is 9.93. The molecule has 1 N–H and O–H groups in total. The standard InChI is InChI=1S/C19H32N2OS/c1-6-19(4,5)14-7-9-15(10-8-14)20-17(22)11-16-12-23-18(21-16)13(2)3/h12-15H,6-11H2,1-5H3,(H,20,22). The maximum Gasteiger partial charge on any atom is 0.226 e. The fourth-order valence-corrected chi connectivity index (χ4v) is 4.26. The molecule has 1 aromatic heterocycles. The third kappa shape index (κ3) is 5.03.